The van der Waals surface area contributed by atoms with Crippen molar-refractivity contribution in [1.29, 1.82) is 0 Å². The highest BCUT2D eigenvalue weighted by atomic mass is 79.9. The number of benzene rings is 1. The minimum Gasteiger partial charge on any atom is -0.367 e. The van der Waals surface area contributed by atoms with Crippen LogP contribution in [0.2, 0.25) is 0 Å². The van der Waals surface area contributed by atoms with Crippen LogP contribution in [-0.4, -0.2) is 23.6 Å². The molecule has 1 aromatic rings. The van der Waals surface area contributed by atoms with Gasteiger partial charge >= 0.3 is 0 Å². The summed E-state index contributed by atoms with van der Waals surface area (Å²) in [5.41, 5.74) is 8.21. The van der Waals surface area contributed by atoms with Crippen LogP contribution in [0.1, 0.15) is 19.4 Å². The van der Waals surface area contributed by atoms with Gasteiger partial charge in [0.2, 0.25) is 0 Å². The molecule has 17 heavy (non-hydrogen) atoms. The molecule has 0 amide bonds. The van der Waals surface area contributed by atoms with E-state index in [4.69, 9.17) is 5.73 Å². The predicted molar refractivity (Wildman–Crippen MR) is 80.8 cm³/mol. The van der Waals surface area contributed by atoms with Crippen LogP contribution in [0.25, 0.3) is 0 Å². The molecule has 1 aliphatic rings. The van der Waals surface area contributed by atoms with E-state index in [-0.39, 0.29) is 0 Å². The quantitative estimate of drug-likeness (QED) is 0.908. The molecule has 0 spiro atoms. The molecule has 1 fully saturated rings. The first-order valence-electron chi connectivity index (χ1n) is 5.99. The maximum atomic E-state index is 5.74. The summed E-state index contributed by atoms with van der Waals surface area (Å²) in [6, 6.07) is 7.08. The number of halogens is 1. The van der Waals surface area contributed by atoms with Crippen LogP contribution in [0, 0.1) is 0 Å². The van der Waals surface area contributed by atoms with Gasteiger partial charge in [0, 0.05) is 40.3 Å². The van der Waals surface area contributed by atoms with Crippen molar-refractivity contribution in [2.45, 2.75) is 31.7 Å². The van der Waals surface area contributed by atoms with E-state index in [2.05, 4.69) is 64.6 Å². The number of anilines is 1. The van der Waals surface area contributed by atoms with Crippen molar-refractivity contribution < 1.29 is 0 Å². The number of nitrogens with zero attached hydrogens (tertiary/aromatic N) is 1. The third-order valence-corrected chi connectivity index (χ3v) is 5.19. The lowest BCUT2D eigenvalue weighted by molar-refractivity contribution is 0.627. The number of thioether (sulfide) groups is 1. The second kappa shape index (κ2) is 5.63. The van der Waals surface area contributed by atoms with Gasteiger partial charge < -0.3 is 10.6 Å². The molecule has 2 N–H and O–H groups in total. The zero-order chi connectivity index (χ0) is 12.4. The fourth-order valence-electron chi connectivity index (χ4n) is 2.21. The zero-order valence-corrected chi connectivity index (χ0v) is 12.7. The van der Waals surface area contributed by atoms with E-state index in [1.807, 2.05) is 0 Å². The molecule has 0 aromatic heterocycles. The second-order valence-corrected chi connectivity index (χ2v) is 6.93. The Labute approximate surface area is 116 Å². The van der Waals surface area contributed by atoms with E-state index in [9.17, 15) is 0 Å². The van der Waals surface area contributed by atoms with Crippen LogP contribution in [0.15, 0.2) is 22.7 Å². The Morgan fingerprint density at radius 1 is 1.41 bits per heavy atom. The summed E-state index contributed by atoms with van der Waals surface area (Å²) in [5, 5.41) is 0.684. The van der Waals surface area contributed by atoms with E-state index in [1.54, 1.807) is 0 Å². The Kier molecular flexibility index (Phi) is 4.39. The lowest BCUT2D eigenvalue weighted by Crippen LogP contribution is -2.44. The van der Waals surface area contributed by atoms with Gasteiger partial charge in [-0.1, -0.05) is 22.9 Å². The molecular weight excluding hydrogens is 296 g/mol. The molecule has 0 bridgehead atoms. The lowest BCUT2D eigenvalue weighted by atomic mass is 10.1. The minimum atomic E-state index is 0.577. The van der Waals surface area contributed by atoms with Gasteiger partial charge in [-0.15, -0.1) is 0 Å². The van der Waals surface area contributed by atoms with Crippen LogP contribution < -0.4 is 10.6 Å². The van der Waals surface area contributed by atoms with Gasteiger partial charge in [-0.2, -0.15) is 11.8 Å². The molecule has 2 atom stereocenters. The maximum Gasteiger partial charge on any atom is 0.0383 e. The molecule has 1 saturated heterocycles. The Balaban J connectivity index is 2.29. The van der Waals surface area contributed by atoms with Crippen molar-refractivity contribution in [3.05, 3.63) is 28.2 Å². The van der Waals surface area contributed by atoms with E-state index in [0.29, 0.717) is 17.8 Å². The summed E-state index contributed by atoms with van der Waals surface area (Å²) < 4.78 is 1.12. The van der Waals surface area contributed by atoms with E-state index < -0.39 is 0 Å². The highest BCUT2D eigenvalue weighted by Gasteiger charge is 2.25. The molecule has 4 heteroatoms. The van der Waals surface area contributed by atoms with Crippen LogP contribution in [0.4, 0.5) is 5.69 Å². The van der Waals surface area contributed by atoms with Crippen LogP contribution in [-0.2, 0) is 6.54 Å². The van der Waals surface area contributed by atoms with Crippen molar-refractivity contribution in [1.82, 2.24) is 0 Å². The Hall–Kier alpha value is -0.190. The fraction of sp³-hybridized carbons (Fsp3) is 0.538. The van der Waals surface area contributed by atoms with Crippen molar-refractivity contribution >= 4 is 33.4 Å². The molecular formula is C13H19BrN2S. The highest BCUT2D eigenvalue weighted by Crippen LogP contribution is 2.31. The van der Waals surface area contributed by atoms with E-state index >= 15 is 0 Å². The van der Waals surface area contributed by atoms with Gasteiger partial charge in [0.15, 0.2) is 0 Å². The predicted octanol–water partition coefficient (Wildman–Crippen LogP) is 3.24. The molecule has 0 saturated carbocycles. The lowest BCUT2D eigenvalue weighted by Gasteiger charge is -2.39. The van der Waals surface area contributed by atoms with Gasteiger partial charge in [0.05, 0.1) is 0 Å². The number of hydrogen-bond acceptors (Lipinski definition) is 3. The fourth-order valence-corrected chi connectivity index (χ4v) is 3.84. The largest absolute Gasteiger partial charge is 0.367 e. The summed E-state index contributed by atoms with van der Waals surface area (Å²) in [4.78, 5) is 2.49. The topological polar surface area (TPSA) is 29.3 Å². The van der Waals surface area contributed by atoms with Crippen molar-refractivity contribution in [3.63, 3.8) is 0 Å². The molecule has 2 nitrogen and oxygen atoms in total. The number of nitrogens with two attached hydrogens (primary N) is 1. The number of rotatable bonds is 2. The minimum absolute atomic E-state index is 0.577. The third-order valence-electron chi connectivity index (χ3n) is 3.39. The normalized spacial score (nSPS) is 25.1. The molecule has 1 aromatic carbocycles. The van der Waals surface area contributed by atoms with Crippen molar-refractivity contribution in [2.75, 3.05) is 17.2 Å². The van der Waals surface area contributed by atoms with Crippen LogP contribution >= 0.6 is 27.7 Å². The average Bonchev–Trinajstić information content (AvgIpc) is 2.31. The van der Waals surface area contributed by atoms with Gasteiger partial charge in [-0.05, 0) is 30.7 Å². The van der Waals surface area contributed by atoms with Crippen LogP contribution in [0.3, 0.4) is 0 Å². The molecule has 0 aliphatic carbocycles. The number of hydrogen-bond donors (Lipinski definition) is 1. The molecule has 94 valence electrons. The molecule has 2 unspecified atom stereocenters. The van der Waals surface area contributed by atoms with Gasteiger partial charge in [-0.3, -0.25) is 0 Å². The van der Waals surface area contributed by atoms with E-state index in [1.165, 1.54) is 17.0 Å². The van der Waals surface area contributed by atoms with Gasteiger partial charge in [0.25, 0.3) is 0 Å². The monoisotopic (exact) mass is 314 g/mol. The molecule has 1 heterocycles. The first kappa shape index (κ1) is 13.2. The molecule has 2 rings (SSSR count). The van der Waals surface area contributed by atoms with Crippen molar-refractivity contribution in [2.24, 2.45) is 5.73 Å². The first-order chi connectivity index (χ1) is 8.11. The molecule has 0 radical (unpaired) electrons. The Bertz CT molecular complexity index is 397. The van der Waals surface area contributed by atoms with Gasteiger partial charge in [-0.25, -0.2) is 0 Å². The summed E-state index contributed by atoms with van der Waals surface area (Å²) in [5.74, 6) is 1.20. The molecule has 1 aliphatic heterocycles. The average molecular weight is 315 g/mol. The first-order valence-corrected chi connectivity index (χ1v) is 7.84. The zero-order valence-electron chi connectivity index (χ0n) is 10.3. The van der Waals surface area contributed by atoms with Crippen molar-refractivity contribution in [3.8, 4) is 0 Å². The van der Waals surface area contributed by atoms with E-state index in [0.717, 1.165) is 11.0 Å². The summed E-state index contributed by atoms with van der Waals surface area (Å²) in [7, 11) is 0. The SMILES string of the molecule is CC1SCCN(c2cc(Br)cc(CN)c2)C1C. The summed E-state index contributed by atoms with van der Waals surface area (Å²) in [6.45, 7) is 6.33. The van der Waals surface area contributed by atoms with Gasteiger partial charge in [0.1, 0.15) is 0 Å². The standard InChI is InChI=1S/C13H19BrN2S/c1-9-10(2)17-4-3-16(9)13-6-11(8-15)5-12(14)7-13/h5-7,9-10H,3-4,8,15H2,1-2H3. The Morgan fingerprint density at radius 3 is 2.88 bits per heavy atom. The Morgan fingerprint density at radius 2 is 2.18 bits per heavy atom. The highest BCUT2D eigenvalue weighted by molar-refractivity contribution is 9.10. The summed E-state index contributed by atoms with van der Waals surface area (Å²) >= 11 is 5.63. The smallest absolute Gasteiger partial charge is 0.0383 e. The third kappa shape index (κ3) is 2.98. The van der Waals surface area contributed by atoms with Crippen LogP contribution in [0.5, 0.6) is 0 Å². The summed E-state index contributed by atoms with van der Waals surface area (Å²) in [6.07, 6.45) is 0. The second-order valence-electron chi connectivity index (χ2n) is 4.53. The maximum absolute atomic E-state index is 5.74.